The summed E-state index contributed by atoms with van der Waals surface area (Å²) in [5, 5.41) is 14.5. The Balaban J connectivity index is 1.61. The van der Waals surface area contributed by atoms with E-state index >= 15 is 0 Å². The zero-order chi connectivity index (χ0) is 20.2. The van der Waals surface area contributed by atoms with Crippen LogP contribution in [0.25, 0.3) is 10.9 Å². The highest BCUT2D eigenvalue weighted by molar-refractivity contribution is 5.88. The SMILES string of the molecule is CNc1cc(C2CCOCC2)c2cc(OC)c(OC[C@H](O)CN3CCC3)cc2n1. The van der Waals surface area contributed by atoms with Crippen molar-refractivity contribution in [3.05, 3.63) is 23.8 Å². The van der Waals surface area contributed by atoms with Gasteiger partial charge >= 0.3 is 0 Å². The van der Waals surface area contributed by atoms with Crippen LogP contribution in [0.1, 0.15) is 30.7 Å². The second-order valence-corrected chi connectivity index (χ2v) is 7.87. The van der Waals surface area contributed by atoms with Crippen LogP contribution in [0.2, 0.25) is 0 Å². The van der Waals surface area contributed by atoms with Crippen LogP contribution < -0.4 is 14.8 Å². The van der Waals surface area contributed by atoms with Gasteiger partial charge in [-0.3, -0.25) is 0 Å². The minimum atomic E-state index is -0.523. The molecule has 1 aromatic heterocycles. The van der Waals surface area contributed by atoms with Crippen molar-refractivity contribution in [2.24, 2.45) is 0 Å². The molecule has 7 heteroatoms. The van der Waals surface area contributed by atoms with E-state index in [2.05, 4.69) is 16.3 Å². The Labute approximate surface area is 172 Å². The lowest BCUT2D eigenvalue weighted by Crippen LogP contribution is -2.43. The third kappa shape index (κ3) is 4.57. The van der Waals surface area contributed by atoms with Gasteiger partial charge in [0.1, 0.15) is 18.5 Å². The van der Waals surface area contributed by atoms with E-state index in [-0.39, 0.29) is 6.61 Å². The summed E-state index contributed by atoms with van der Waals surface area (Å²) in [7, 11) is 3.53. The van der Waals surface area contributed by atoms with Gasteiger partial charge in [0.15, 0.2) is 11.5 Å². The Morgan fingerprint density at radius 3 is 2.69 bits per heavy atom. The molecule has 2 aliphatic heterocycles. The predicted molar refractivity (Wildman–Crippen MR) is 113 cm³/mol. The molecule has 0 bridgehead atoms. The maximum Gasteiger partial charge on any atom is 0.163 e. The van der Waals surface area contributed by atoms with E-state index in [9.17, 15) is 5.11 Å². The van der Waals surface area contributed by atoms with E-state index in [4.69, 9.17) is 19.2 Å². The molecule has 158 valence electrons. The number of likely N-dealkylation sites (tertiary alicyclic amines) is 1. The number of pyridine rings is 1. The van der Waals surface area contributed by atoms with E-state index in [0.717, 1.165) is 55.9 Å². The molecule has 2 aromatic rings. The standard InChI is InChI=1S/C22H31N3O4/c1-23-22-11-17(15-4-8-28-9-5-15)18-10-20(27-2)21(12-19(18)24-22)29-14-16(26)13-25-6-3-7-25/h10-12,15-16,26H,3-9,13-14H2,1-2H3,(H,23,24)/t16-/m1/s1. The fourth-order valence-electron chi connectivity index (χ4n) is 4.11. The predicted octanol–water partition coefficient (Wildman–Crippen LogP) is 2.62. The summed E-state index contributed by atoms with van der Waals surface area (Å²) in [6, 6.07) is 6.08. The summed E-state index contributed by atoms with van der Waals surface area (Å²) in [6.07, 6.45) is 2.70. The summed E-state index contributed by atoms with van der Waals surface area (Å²) in [4.78, 5) is 6.96. The van der Waals surface area contributed by atoms with E-state index in [1.165, 1.54) is 12.0 Å². The minimum Gasteiger partial charge on any atom is -0.493 e. The van der Waals surface area contributed by atoms with Gasteiger partial charge in [0.05, 0.1) is 12.6 Å². The first-order valence-corrected chi connectivity index (χ1v) is 10.5. The number of hydrogen-bond donors (Lipinski definition) is 2. The van der Waals surface area contributed by atoms with Crippen LogP contribution in [0, 0.1) is 0 Å². The third-order valence-electron chi connectivity index (χ3n) is 5.89. The van der Waals surface area contributed by atoms with Gasteiger partial charge in [0.25, 0.3) is 0 Å². The molecule has 0 aliphatic carbocycles. The maximum absolute atomic E-state index is 10.3. The first-order chi connectivity index (χ1) is 14.2. The van der Waals surface area contributed by atoms with Crippen molar-refractivity contribution < 1.29 is 19.3 Å². The zero-order valence-electron chi connectivity index (χ0n) is 17.3. The molecule has 7 nitrogen and oxygen atoms in total. The Morgan fingerprint density at radius 1 is 1.24 bits per heavy atom. The number of nitrogens with zero attached hydrogens (tertiary/aromatic N) is 2. The van der Waals surface area contributed by atoms with Gasteiger partial charge < -0.3 is 29.5 Å². The number of ether oxygens (including phenoxy) is 3. The van der Waals surface area contributed by atoms with Gasteiger partial charge in [-0.05, 0) is 56.0 Å². The Bertz CT molecular complexity index is 834. The number of β-amino-alcohol motifs (C(OH)–C–C–N with tert-alkyl or cyclic N) is 1. The first-order valence-electron chi connectivity index (χ1n) is 10.5. The Kier molecular flexibility index (Phi) is 6.37. The van der Waals surface area contributed by atoms with Crippen LogP contribution in [0.3, 0.4) is 0 Å². The molecule has 3 heterocycles. The van der Waals surface area contributed by atoms with E-state index in [1.807, 2.05) is 19.2 Å². The fraction of sp³-hybridized carbons (Fsp3) is 0.591. The number of aliphatic hydroxyl groups is 1. The topological polar surface area (TPSA) is 76.1 Å². The fourth-order valence-corrected chi connectivity index (χ4v) is 4.11. The number of hydrogen-bond acceptors (Lipinski definition) is 7. The van der Waals surface area contributed by atoms with Crippen molar-refractivity contribution in [1.82, 2.24) is 9.88 Å². The highest BCUT2D eigenvalue weighted by Gasteiger charge is 2.22. The van der Waals surface area contributed by atoms with Gasteiger partial charge in [-0.25, -0.2) is 4.98 Å². The molecule has 4 rings (SSSR count). The average Bonchev–Trinajstić information content (AvgIpc) is 2.73. The van der Waals surface area contributed by atoms with Crippen molar-refractivity contribution in [1.29, 1.82) is 0 Å². The van der Waals surface area contributed by atoms with E-state index in [0.29, 0.717) is 24.0 Å². The van der Waals surface area contributed by atoms with Crippen LogP contribution in [-0.4, -0.2) is 74.7 Å². The molecular formula is C22H31N3O4. The number of anilines is 1. The molecule has 0 radical (unpaired) electrons. The molecule has 29 heavy (non-hydrogen) atoms. The normalized spacial score (nSPS) is 19.0. The number of methoxy groups -OCH3 is 1. The molecule has 2 saturated heterocycles. The molecule has 1 atom stereocenters. The number of fused-ring (bicyclic) bond motifs is 1. The lowest BCUT2D eigenvalue weighted by molar-refractivity contribution is 0.0460. The van der Waals surface area contributed by atoms with Crippen molar-refractivity contribution >= 4 is 16.7 Å². The summed E-state index contributed by atoms with van der Waals surface area (Å²) in [5.74, 6) is 2.56. The Hall–Kier alpha value is -2.09. The average molecular weight is 402 g/mol. The minimum absolute atomic E-state index is 0.233. The van der Waals surface area contributed by atoms with Crippen LogP contribution in [0.15, 0.2) is 18.2 Å². The van der Waals surface area contributed by atoms with Crippen LogP contribution in [0.4, 0.5) is 5.82 Å². The van der Waals surface area contributed by atoms with Gasteiger partial charge in [-0.1, -0.05) is 0 Å². The highest BCUT2D eigenvalue weighted by atomic mass is 16.5. The number of aliphatic hydroxyl groups excluding tert-OH is 1. The molecule has 0 saturated carbocycles. The summed E-state index contributed by atoms with van der Waals surface area (Å²) >= 11 is 0. The van der Waals surface area contributed by atoms with Gasteiger partial charge in [-0.2, -0.15) is 0 Å². The molecule has 2 N–H and O–H groups in total. The quantitative estimate of drug-likeness (QED) is 0.704. The second-order valence-electron chi connectivity index (χ2n) is 7.87. The van der Waals surface area contributed by atoms with Crippen molar-refractivity contribution in [3.63, 3.8) is 0 Å². The summed E-state index contributed by atoms with van der Waals surface area (Å²) in [5.41, 5.74) is 2.14. The molecule has 0 spiro atoms. The van der Waals surface area contributed by atoms with Crippen molar-refractivity contribution in [3.8, 4) is 11.5 Å². The first kappa shape index (κ1) is 20.2. The summed E-state index contributed by atoms with van der Waals surface area (Å²) in [6.45, 7) is 4.57. The number of nitrogens with one attached hydrogen (secondary N) is 1. The molecule has 2 aliphatic rings. The zero-order valence-corrected chi connectivity index (χ0v) is 17.3. The van der Waals surface area contributed by atoms with Crippen LogP contribution in [-0.2, 0) is 4.74 Å². The lowest BCUT2D eigenvalue weighted by Gasteiger charge is -2.32. The van der Waals surface area contributed by atoms with Crippen LogP contribution >= 0.6 is 0 Å². The molecular weight excluding hydrogens is 370 g/mol. The Morgan fingerprint density at radius 2 is 2.03 bits per heavy atom. The number of rotatable bonds is 8. The smallest absolute Gasteiger partial charge is 0.163 e. The number of benzene rings is 1. The lowest BCUT2D eigenvalue weighted by atomic mass is 9.89. The molecule has 1 aromatic carbocycles. The van der Waals surface area contributed by atoms with Gasteiger partial charge in [-0.15, -0.1) is 0 Å². The van der Waals surface area contributed by atoms with E-state index < -0.39 is 6.10 Å². The third-order valence-corrected chi connectivity index (χ3v) is 5.89. The van der Waals surface area contributed by atoms with Crippen molar-refractivity contribution in [2.45, 2.75) is 31.3 Å². The van der Waals surface area contributed by atoms with Gasteiger partial charge in [0.2, 0.25) is 0 Å². The number of aromatic nitrogens is 1. The molecule has 2 fully saturated rings. The highest BCUT2D eigenvalue weighted by Crippen LogP contribution is 2.39. The maximum atomic E-state index is 10.3. The summed E-state index contributed by atoms with van der Waals surface area (Å²) < 4.78 is 17.1. The van der Waals surface area contributed by atoms with Gasteiger partial charge in [0, 0.05) is 38.3 Å². The second kappa shape index (κ2) is 9.15. The van der Waals surface area contributed by atoms with Crippen molar-refractivity contribution in [2.75, 3.05) is 58.9 Å². The monoisotopic (exact) mass is 401 g/mol. The van der Waals surface area contributed by atoms with E-state index in [1.54, 1.807) is 7.11 Å². The molecule has 0 amide bonds. The largest absolute Gasteiger partial charge is 0.493 e. The van der Waals surface area contributed by atoms with Crippen LogP contribution in [0.5, 0.6) is 11.5 Å². The molecule has 0 unspecified atom stereocenters.